The number of hydrogen-bond acceptors (Lipinski definition) is 2. The summed E-state index contributed by atoms with van der Waals surface area (Å²) >= 11 is 5.93. The van der Waals surface area contributed by atoms with E-state index in [0.29, 0.717) is 0 Å². The molecule has 0 radical (unpaired) electrons. The number of anilines is 1. The topological polar surface area (TPSA) is 38.3 Å². The number of rotatable bonds is 5. The Morgan fingerprint density at radius 1 is 1.21 bits per heavy atom. The van der Waals surface area contributed by atoms with Gasteiger partial charge < -0.3 is 10.1 Å². The van der Waals surface area contributed by atoms with Gasteiger partial charge in [0.15, 0.2) is 6.10 Å². The third kappa shape index (κ3) is 4.26. The number of para-hydroxylation sites is 1. The van der Waals surface area contributed by atoms with Crippen LogP contribution < -0.4 is 10.1 Å². The zero-order valence-corrected chi connectivity index (χ0v) is 14.9. The third-order valence-electron chi connectivity index (χ3n) is 3.74. The fourth-order valence-corrected chi connectivity index (χ4v) is 2.59. The highest BCUT2D eigenvalue weighted by atomic mass is 35.5. The Kier molecular flexibility index (Phi) is 5.84. The van der Waals surface area contributed by atoms with Crippen molar-refractivity contribution in [2.45, 2.75) is 39.7 Å². The third-order valence-corrected chi connectivity index (χ3v) is 4.04. The smallest absolute Gasteiger partial charge is 0.265 e. The van der Waals surface area contributed by atoms with Crippen molar-refractivity contribution in [2.75, 3.05) is 5.32 Å². The Balaban J connectivity index is 2.15. The number of nitrogens with one attached hydrogen (secondary N) is 1. The Hall–Kier alpha value is -2.07. The van der Waals surface area contributed by atoms with Gasteiger partial charge in [0.1, 0.15) is 11.6 Å². The maximum absolute atomic E-state index is 13.1. The van der Waals surface area contributed by atoms with E-state index < -0.39 is 11.9 Å². The van der Waals surface area contributed by atoms with E-state index in [9.17, 15) is 9.18 Å². The Morgan fingerprint density at radius 3 is 2.54 bits per heavy atom. The van der Waals surface area contributed by atoms with Gasteiger partial charge in [0.05, 0.1) is 5.02 Å². The van der Waals surface area contributed by atoms with E-state index in [1.54, 1.807) is 6.92 Å². The van der Waals surface area contributed by atoms with Crippen molar-refractivity contribution in [3.63, 3.8) is 0 Å². The normalized spacial score (nSPS) is 12.1. The van der Waals surface area contributed by atoms with Crippen LogP contribution in [0.3, 0.4) is 0 Å². The highest BCUT2D eigenvalue weighted by Crippen LogP contribution is 2.29. The van der Waals surface area contributed by atoms with E-state index in [2.05, 4.69) is 19.2 Å². The van der Waals surface area contributed by atoms with Crippen LogP contribution >= 0.6 is 11.6 Å². The first-order valence-electron chi connectivity index (χ1n) is 7.81. The van der Waals surface area contributed by atoms with Crippen LogP contribution in [-0.2, 0) is 4.79 Å². The van der Waals surface area contributed by atoms with Crippen molar-refractivity contribution in [3.05, 3.63) is 58.4 Å². The summed E-state index contributed by atoms with van der Waals surface area (Å²) < 4.78 is 18.6. The molecule has 0 fully saturated rings. The highest BCUT2D eigenvalue weighted by Gasteiger charge is 2.19. The number of ether oxygens (including phenoxy) is 1. The van der Waals surface area contributed by atoms with E-state index in [-0.39, 0.29) is 22.6 Å². The molecule has 24 heavy (non-hydrogen) atoms. The zero-order chi connectivity index (χ0) is 17.9. The highest BCUT2D eigenvalue weighted by molar-refractivity contribution is 6.32. The van der Waals surface area contributed by atoms with Crippen molar-refractivity contribution >= 4 is 23.2 Å². The van der Waals surface area contributed by atoms with E-state index >= 15 is 0 Å². The molecule has 128 valence electrons. The van der Waals surface area contributed by atoms with Crippen molar-refractivity contribution in [1.29, 1.82) is 0 Å². The van der Waals surface area contributed by atoms with Crippen molar-refractivity contribution in [2.24, 2.45) is 0 Å². The molecule has 0 aliphatic heterocycles. The summed E-state index contributed by atoms with van der Waals surface area (Å²) in [7, 11) is 0. The van der Waals surface area contributed by atoms with Crippen LogP contribution in [0.2, 0.25) is 5.02 Å². The van der Waals surface area contributed by atoms with Crippen molar-refractivity contribution in [3.8, 4) is 5.75 Å². The number of carbonyl (C=O) groups is 1. The molecule has 2 rings (SSSR count). The molecule has 0 saturated heterocycles. The second kappa shape index (κ2) is 7.67. The minimum absolute atomic E-state index is 0.133. The zero-order valence-electron chi connectivity index (χ0n) is 14.2. The van der Waals surface area contributed by atoms with Gasteiger partial charge >= 0.3 is 0 Å². The summed E-state index contributed by atoms with van der Waals surface area (Å²) in [6.45, 7) is 7.72. The van der Waals surface area contributed by atoms with Crippen LogP contribution in [0.25, 0.3) is 0 Å². The van der Waals surface area contributed by atoms with Crippen LogP contribution in [0.5, 0.6) is 5.75 Å². The largest absolute Gasteiger partial charge is 0.479 e. The molecule has 0 aliphatic carbocycles. The Bertz CT molecular complexity index is 746. The molecular weight excluding hydrogens is 329 g/mol. The lowest BCUT2D eigenvalue weighted by atomic mass is 9.98. The number of hydrogen-bond donors (Lipinski definition) is 1. The van der Waals surface area contributed by atoms with Gasteiger partial charge in [0.25, 0.3) is 5.91 Å². The molecule has 0 spiro atoms. The number of amides is 1. The predicted octanol–water partition coefficient (Wildman–Crippen LogP) is 5.32. The van der Waals surface area contributed by atoms with E-state index in [1.807, 2.05) is 25.1 Å². The van der Waals surface area contributed by atoms with Crippen LogP contribution in [0, 0.1) is 12.7 Å². The van der Waals surface area contributed by atoms with E-state index in [4.69, 9.17) is 16.3 Å². The number of carbonyl (C=O) groups excluding carboxylic acids is 1. The van der Waals surface area contributed by atoms with Crippen LogP contribution in [0.4, 0.5) is 10.1 Å². The first kappa shape index (κ1) is 18.3. The molecule has 5 heteroatoms. The molecule has 0 bridgehead atoms. The van der Waals surface area contributed by atoms with Gasteiger partial charge in [0, 0.05) is 5.69 Å². The molecule has 0 saturated carbocycles. The maximum Gasteiger partial charge on any atom is 0.265 e. The number of aryl methyl sites for hydroxylation is 1. The second-order valence-electron chi connectivity index (χ2n) is 6.02. The first-order valence-corrected chi connectivity index (χ1v) is 8.19. The molecule has 1 unspecified atom stereocenters. The summed E-state index contributed by atoms with van der Waals surface area (Å²) in [5.74, 6) is -0.185. The number of benzene rings is 2. The van der Waals surface area contributed by atoms with Gasteiger partial charge in [-0.05, 0) is 49.1 Å². The van der Waals surface area contributed by atoms with Gasteiger partial charge in [0.2, 0.25) is 0 Å². The second-order valence-corrected chi connectivity index (χ2v) is 6.43. The quantitative estimate of drug-likeness (QED) is 0.793. The molecule has 0 aliphatic rings. The van der Waals surface area contributed by atoms with Crippen LogP contribution in [0.15, 0.2) is 36.4 Å². The molecule has 2 aromatic rings. The minimum Gasteiger partial charge on any atom is -0.479 e. The van der Waals surface area contributed by atoms with Crippen molar-refractivity contribution in [1.82, 2.24) is 0 Å². The maximum atomic E-state index is 13.1. The summed E-state index contributed by atoms with van der Waals surface area (Å²) in [4.78, 5) is 12.5. The molecule has 0 heterocycles. The first-order chi connectivity index (χ1) is 11.3. The van der Waals surface area contributed by atoms with Gasteiger partial charge in [-0.2, -0.15) is 0 Å². The van der Waals surface area contributed by atoms with Gasteiger partial charge in [-0.25, -0.2) is 4.39 Å². The molecule has 2 aromatic carbocycles. The van der Waals surface area contributed by atoms with Crippen molar-refractivity contribution < 1.29 is 13.9 Å². The van der Waals surface area contributed by atoms with E-state index in [1.165, 1.54) is 12.1 Å². The Labute approximate surface area is 146 Å². The van der Waals surface area contributed by atoms with Gasteiger partial charge in [-0.1, -0.05) is 43.6 Å². The molecule has 3 nitrogen and oxygen atoms in total. The molecule has 1 amide bonds. The Morgan fingerprint density at radius 2 is 1.92 bits per heavy atom. The van der Waals surface area contributed by atoms with Gasteiger partial charge in [-0.3, -0.25) is 4.79 Å². The molecule has 0 aromatic heterocycles. The lowest BCUT2D eigenvalue weighted by Crippen LogP contribution is -2.31. The lowest BCUT2D eigenvalue weighted by molar-refractivity contribution is -0.122. The average molecular weight is 350 g/mol. The average Bonchev–Trinajstić information content (AvgIpc) is 2.51. The predicted molar refractivity (Wildman–Crippen MR) is 95.4 cm³/mol. The fourth-order valence-electron chi connectivity index (χ4n) is 2.38. The standard InChI is InChI=1S/C19H21ClFNO2/c1-11(2)15-7-5-6-12(3)18(15)22-19(23)13(4)24-17-9-8-14(21)10-16(17)20/h5-11,13H,1-4H3,(H,22,23). The summed E-state index contributed by atoms with van der Waals surface area (Å²) in [6, 6.07) is 9.72. The molecule has 1 N–H and O–H groups in total. The molecular formula is C19H21ClFNO2. The lowest BCUT2D eigenvalue weighted by Gasteiger charge is -2.20. The summed E-state index contributed by atoms with van der Waals surface area (Å²) in [5.41, 5.74) is 2.86. The minimum atomic E-state index is -0.771. The summed E-state index contributed by atoms with van der Waals surface area (Å²) in [5, 5.41) is 3.06. The van der Waals surface area contributed by atoms with Crippen LogP contribution in [-0.4, -0.2) is 12.0 Å². The molecule has 1 atom stereocenters. The summed E-state index contributed by atoms with van der Waals surface area (Å²) in [6.07, 6.45) is -0.771. The fraction of sp³-hybridized carbons (Fsp3) is 0.316. The number of halogens is 2. The van der Waals surface area contributed by atoms with Crippen LogP contribution in [0.1, 0.15) is 37.8 Å². The van der Waals surface area contributed by atoms with E-state index in [0.717, 1.165) is 22.9 Å². The SMILES string of the molecule is Cc1cccc(C(C)C)c1NC(=O)C(C)Oc1ccc(F)cc1Cl. The monoisotopic (exact) mass is 349 g/mol. The van der Waals surface area contributed by atoms with Gasteiger partial charge in [-0.15, -0.1) is 0 Å².